The number of rotatable bonds is 2. The summed E-state index contributed by atoms with van der Waals surface area (Å²) in [5, 5.41) is 0. The fraction of sp³-hybridized carbons (Fsp3) is 0.333. The Labute approximate surface area is 82.9 Å². The summed E-state index contributed by atoms with van der Waals surface area (Å²) in [5.41, 5.74) is 1.38. The van der Waals surface area contributed by atoms with Crippen LogP contribution in [0.2, 0.25) is 0 Å². The highest BCUT2D eigenvalue weighted by Gasteiger charge is 2.01. The summed E-state index contributed by atoms with van der Waals surface area (Å²) < 4.78 is 0. The molecule has 12 heavy (non-hydrogen) atoms. The lowest BCUT2D eigenvalue weighted by atomic mass is 10.2. The van der Waals surface area contributed by atoms with E-state index < -0.39 is 0 Å². The van der Waals surface area contributed by atoms with Crippen molar-refractivity contribution in [2.45, 2.75) is 16.7 Å². The standard InChI is InChI=1S/C9H12S2.H3N/c1-7-5-4-6-8(10-2)9(7)11-3;/h4-6H,1-3H3;1H3. The van der Waals surface area contributed by atoms with E-state index in [0.29, 0.717) is 0 Å². The van der Waals surface area contributed by atoms with Crippen LogP contribution >= 0.6 is 23.5 Å². The second-order valence-electron chi connectivity index (χ2n) is 2.31. The molecule has 0 aromatic heterocycles. The lowest BCUT2D eigenvalue weighted by Crippen LogP contribution is -1.81. The lowest BCUT2D eigenvalue weighted by Gasteiger charge is -2.06. The number of aryl methyl sites for hydroxylation is 1. The van der Waals surface area contributed by atoms with E-state index in [4.69, 9.17) is 0 Å². The van der Waals surface area contributed by atoms with Crippen LogP contribution in [-0.4, -0.2) is 12.5 Å². The minimum Gasteiger partial charge on any atom is -0.344 e. The molecule has 0 atom stereocenters. The molecule has 0 saturated heterocycles. The molecule has 1 rings (SSSR count). The molecule has 68 valence electrons. The molecule has 1 aromatic carbocycles. The molecule has 0 bridgehead atoms. The zero-order valence-electron chi connectivity index (χ0n) is 7.76. The summed E-state index contributed by atoms with van der Waals surface area (Å²) >= 11 is 3.64. The summed E-state index contributed by atoms with van der Waals surface area (Å²) in [4.78, 5) is 2.80. The van der Waals surface area contributed by atoms with E-state index in [0.717, 1.165) is 0 Å². The van der Waals surface area contributed by atoms with E-state index >= 15 is 0 Å². The summed E-state index contributed by atoms with van der Waals surface area (Å²) in [7, 11) is 0. The minimum absolute atomic E-state index is 0. The average Bonchev–Trinajstić information content (AvgIpc) is 2.04. The maximum Gasteiger partial charge on any atom is 0.0234 e. The van der Waals surface area contributed by atoms with Gasteiger partial charge in [0.2, 0.25) is 0 Å². The van der Waals surface area contributed by atoms with Crippen molar-refractivity contribution in [3.05, 3.63) is 23.8 Å². The Morgan fingerprint density at radius 1 is 1.08 bits per heavy atom. The van der Waals surface area contributed by atoms with Crippen molar-refractivity contribution < 1.29 is 0 Å². The summed E-state index contributed by atoms with van der Waals surface area (Å²) in [6.07, 6.45) is 4.25. The van der Waals surface area contributed by atoms with E-state index in [-0.39, 0.29) is 6.15 Å². The van der Waals surface area contributed by atoms with Gasteiger partial charge in [0.15, 0.2) is 0 Å². The molecule has 0 radical (unpaired) electrons. The van der Waals surface area contributed by atoms with Gasteiger partial charge < -0.3 is 6.15 Å². The van der Waals surface area contributed by atoms with Crippen molar-refractivity contribution in [1.29, 1.82) is 0 Å². The SMILES string of the molecule is CSc1cccc(C)c1SC.N. The van der Waals surface area contributed by atoms with Gasteiger partial charge in [0, 0.05) is 9.79 Å². The van der Waals surface area contributed by atoms with Gasteiger partial charge in [-0.05, 0) is 31.1 Å². The molecule has 1 nitrogen and oxygen atoms in total. The van der Waals surface area contributed by atoms with Crippen LogP contribution in [0.3, 0.4) is 0 Å². The van der Waals surface area contributed by atoms with Gasteiger partial charge in [0.05, 0.1) is 0 Å². The molecule has 0 aliphatic rings. The van der Waals surface area contributed by atoms with Crippen LogP contribution in [0.1, 0.15) is 5.56 Å². The topological polar surface area (TPSA) is 35.0 Å². The number of thioether (sulfide) groups is 2. The predicted octanol–water partition coefficient (Wildman–Crippen LogP) is 3.60. The van der Waals surface area contributed by atoms with Gasteiger partial charge in [-0.25, -0.2) is 0 Å². The molecule has 0 aliphatic carbocycles. The molecule has 1 aromatic rings. The molecular weight excluding hydrogens is 186 g/mol. The van der Waals surface area contributed by atoms with E-state index in [1.165, 1.54) is 15.4 Å². The summed E-state index contributed by atoms with van der Waals surface area (Å²) in [5.74, 6) is 0. The van der Waals surface area contributed by atoms with Gasteiger partial charge in [-0.3, -0.25) is 0 Å². The summed E-state index contributed by atoms with van der Waals surface area (Å²) in [6, 6.07) is 6.44. The van der Waals surface area contributed by atoms with Crippen molar-refractivity contribution in [2.24, 2.45) is 0 Å². The molecule has 0 aliphatic heterocycles. The second-order valence-corrected chi connectivity index (χ2v) is 3.97. The van der Waals surface area contributed by atoms with Crippen molar-refractivity contribution >= 4 is 23.5 Å². The Bertz CT molecular complexity index is 248. The average molecular weight is 201 g/mol. The first-order valence-electron chi connectivity index (χ1n) is 3.47. The first-order chi connectivity index (χ1) is 5.29. The van der Waals surface area contributed by atoms with Gasteiger partial charge in [0.25, 0.3) is 0 Å². The maximum atomic E-state index is 2.17. The van der Waals surface area contributed by atoms with Crippen molar-refractivity contribution in [1.82, 2.24) is 6.15 Å². The lowest BCUT2D eigenvalue weighted by molar-refractivity contribution is 1.17. The van der Waals surface area contributed by atoms with E-state index in [2.05, 4.69) is 37.6 Å². The molecule has 0 heterocycles. The van der Waals surface area contributed by atoms with Crippen molar-refractivity contribution in [3.63, 3.8) is 0 Å². The van der Waals surface area contributed by atoms with Gasteiger partial charge in [-0.15, -0.1) is 23.5 Å². The number of hydrogen-bond donors (Lipinski definition) is 1. The first kappa shape index (κ1) is 11.9. The zero-order valence-corrected chi connectivity index (χ0v) is 9.39. The Hall–Kier alpha value is -0.120. The summed E-state index contributed by atoms with van der Waals surface area (Å²) in [6.45, 7) is 2.16. The quantitative estimate of drug-likeness (QED) is 0.742. The molecule has 3 heteroatoms. The van der Waals surface area contributed by atoms with Crippen LogP contribution < -0.4 is 6.15 Å². The van der Waals surface area contributed by atoms with Gasteiger partial charge in [-0.1, -0.05) is 12.1 Å². The molecule has 0 unspecified atom stereocenters. The third-order valence-corrected chi connectivity index (χ3v) is 3.46. The minimum atomic E-state index is 0. The largest absolute Gasteiger partial charge is 0.344 e. The van der Waals surface area contributed by atoms with Crippen molar-refractivity contribution in [3.8, 4) is 0 Å². The Morgan fingerprint density at radius 2 is 1.75 bits per heavy atom. The van der Waals surface area contributed by atoms with Crippen LogP contribution in [0.4, 0.5) is 0 Å². The highest BCUT2D eigenvalue weighted by atomic mass is 32.2. The van der Waals surface area contributed by atoms with Crippen LogP contribution in [0, 0.1) is 6.92 Å². The van der Waals surface area contributed by atoms with Crippen LogP contribution in [-0.2, 0) is 0 Å². The fourth-order valence-electron chi connectivity index (χ4n) is 1.05. The smallest absolute Gasteiger partial charge is 0.0234 e. The molecule has 0 saturated carbocycles. The third-order valence-electron chi connectivity index (χ3n) is 1.60. The maximum absolute atomic E-state index is 2.17. The van der Waals surface area contributed by atoms with Crippen LogP contribution in [0.15, 0.2) is 28.0 Å². The van der Waals surface area contributed by atoms with Gasteiger partial charge in [0.1, 0.15) is 0 Å². The molecular formula is C9H15NS2. The zero-order chi connectivity index (χ0) is 8.27. The molecule has 0 fully saturated rings. The molecule has 3 N–H and O–H groups in total. The fourth-order valence-corrected chi connectivity index (χ4v) is 2.77. The van der Waals surface area contributed by atoms with E-state index in [1.807, 2.05) is 23.5 Å². The van der Waals surface area contributed by atoms with Crippen molar-refractivity contribution in [2.75, 3.05) is 12.5 Å². The third kappa shape index (κ3) is 2.44. The highest BCUT2D eigenvalue weighted by molar-refractivity contribution is 8.01. The van der Waals surface area contributed by atoms with E-state index in [9.17, 15) is 0 Å². The monoisotopic (exact) mass is 201 g/mol. The van der Waals surface area contributed by atoms with Gasteiger partial charge in [-0.2, -0.15) is 0 Å². The predicted molar refractivity (Wildman–Crippen MR) is 59.8 cm³/mol. The Morgan fingerprint density at radius 3 is 2.17 bits per heavy atom. The first-order valence-corrected chi connectivity index (χ1v) is 5.92. The second kappa shape index (κ2) is 5.51. The van der Waals surface area contributed by atoms with Crippen LogP contribution in [0.5, 0.6) is 0 Å². The Kier molecular flexibility index (Phi) is 5.46. The normalized spacial score (nSPS) is 9.25. The highest BCUT2D eigenvalue weighted by Crippen LogP contribution is 2.30. The molecule has 0 amide bonds. The van der Waals surface area contributed by atoms with E-state index in [1.54, 1.807) is 0 Å². The van der Waals surface area contributed by atoms with Crippen LogP contribution in [0.25, 0.3) is 0 Å². The number of hydrogen-bond acceptors (Lipinski definition) is 3. The Balaban J connectivity index is 0.00000121. The van der Waals surface area contributed by atoms with Gasteiger partial charge >= 0.3 is 0 Å². The number of benzene rings is 1. The molecule has 0 spiro atoms.